The summed E-state index contributed by atoms with van der Waals surface area (Å²) in [6.07, 6.45) is 5.85. The van der Waals surface area contributed by atoms with Crippen LogP contribution in [0.4, 0.5) is 0 Å². The average molecular weight is 357 g/mol. The average Bonchev–Trinajstić information content (AvgIpc) is 3.05. The van der Waals surface area contributed by atoms with Crippen molar-refractivity contribution < 1.29 is 9.47 Å². The summed E-state index contributed by atoms with van der Waals surface area (Å²) in [5, 5.41) is 7.12. The highest BCUT2D eigenvalue weighted by Gasteiger charge is 2.43. The lowest BCUT2D eigenvalue weighted by Crippen LogP contribution is -2.48. The topological polar surface area (TPSA) is 54.9 Å². The molecule has 3 aliphatic rings. The maximum atomic E-state index is 6.48. The second-order valence-corrected chi connectivity index (χ2v) is 8.43. The number of nitrogens with zero attached hydrogens (tertiary/aromatic N) is 1. The molecule has 1 spiro atoms. The molecule has 2 N–H and O–H groups in total. The number of guanidine groups is 1. The number of ether oxygens (including phenoxy) is 2. The lowest BCUT2D eigenvalue weighted by atomic mass is 9.86. The first-order valence-corrected chi connectivity index (χ1v) is 10.0. The fourth-order valence-corrected chi connectivity index (χ4v) is 4.37. The molecule has 26 heavy (non-hydrogen) atoms. The maximum Gasteiger partial charge on any atom is 0.191 e. The van der Waals surface area contributed by atoms with Crippen LogP contribution in [0.15, 0.2) is 29.3 Å². The quantitative estimate of drug-likeness (QED) is 0.640. The van der Waals surface area contributed by atoms with Crippen LogP contribution in [0, 0.1) is 5.41 Å². The van der Waals surface area contributed by atoms with E-state index in [0.717, 1.165) is 57.3 Å². The third-order valence-corrected chi connectivity index (χ3v) is 5.89. The van der Waals surface area contributed by atoms with Crippen LogP contribution in [0.1, 0.15) is 57.6 Å². The number of rotatable bonds is 4. The monoisotopic (exact) mass is 357 g/mol. The zero-order chi connectivity index (χ0) is 18.0. The number of para-hydroxylation sites is 1. The zero-order valence-corrected chi connectivity index (χ0v) is 16.0. The van der Waals surface area contributed by atoms with Gasteiger partial charge < -0.3 is 20.1 Å². The molecular weight excluding hydrogens is 326 g/mol. The van der Waals surface area contributed by atoms with Crippen molar-refractivity contribution in [3.63, 3.8) is 0 Å². The fourth-order valence-electron chi connectivity index (χ4n) is 4.37. The van der Waals surface area contributed by atoms with Crippen molar-refractivity contribution in [3.8, 4) is 5.75 Å². The molecule has 142 valence electrons. The molecular formula is C21H31N3O2. The SMILES string of the molecule is CCNC(=NCC1(C)COC1)NC1CC2(CCCC2)Oc2ccccc21. The highest BCUT2D eigenvalue weighted by atomic mass is 16.5. The Bertz CT molecular complexity index is 663. The molecule has 2 heterocycles. The number of hydrogen-bond donors (Lipinski definition) is 2. The van der Waals surface area contributed by atoms with E-state index in [9.17, 15) is 0 Å². The van der Waals surface area contributed by atoms with Crippen molar-refractivity contribution >= 4 is 5.96 Å². The van der Waals surface area contributed by atoms with Gasteiger partial charge in [-0.2, -0.15) is 0 Å². The Morgan fingerprint density at radius 2 is 2.00 bits per heavy atom. The summed E-state index contributed by atoms with van der Waals surface area (Å²) in [4.78, 5) is 4.86. The second-order valence-electron chi connectivity index (χ2n) is 8.43. The van der Waals surface area contributed by atoms with Gasteiger partial charge in [-0.1, -0.05) is 25.1 Å². The van der Waals surface area contributed by atoms with E-state index in [2.05, 4.69) is 48.7 Å². The summed E-state index contributed by atoms with van der Waals surface area (Å²) in [6, 6.07) is 8.70. The van der Waals surface area contributed by atoms with E-state index in [1.807, 2.05) is 0 Å². The Balaban J connectivity index is 1.54. The molecule has 0 amide bonds. The summed E-state index contributed by atoms with van der Waals surface area (Å²) in [6.45, 7) is 7.61. The van der Waals surface area contributed by atoms with E-state index in [-0.39, 0.29) is 17.1 Å². The van der Waals surface area contributed by atoms with Gasteiger partial charge in [0.25, 0.3) is 0 Å². The van der Waals surface area contributed by atoms with Gasteiger partial charge in [-0.05, 0) is 38.7 Å². The molecule has 4 rings (SSSR count). The third kappa shape index (κ3) is 3.54. The minimum atomic E-state index is -0.00284. The maximum absolute atomic E-state index is 6.48. The predicted molar refractivity (Wildman–Crippen MR) is 104 cm³/mol. The molecule has 1 saturated carbocycles. The Labute approximate surface area is 156 Å². The van der Waals surface area contributed by atoms with Gasteiger partial charge in [0.2, 0.25) is 0 Å². The van der Waals surface area contributed by atoms with Gasteiger partial charge in [0, 0.05) is 23.9 Å². The molecule has 0 radical (unpaired) electrons. The molecule has 1 aromatic rings. The normalized spacial score (nSPS) is 25.9. The molecule has 2 fully saturated rings. The molecule has 1 aliphatic carbocycles. The first-order valence-electron chi connectivity index (χ1n) is 10.0. The minimum absolute atomic E-state index is 0.00284. The fraction of sp³-hybridized carbons (Fsp3) is 0.667. The van der Waals surface area contributed by atoms with E-state index in [4.69, 9.17) is 14.5 Å². The predicted octanol–water partition coefficient (Wildman–Crippen LogP) is 3.41. The lowest BCUT2D eigenvalue weighted by molar-refractivity contribution is -0.0945. The number of hydrogen-bond acceptors (Lipinski definition) is 3. The van der Waals surface area contributed by atoms with Gasteiger partial charge >= 0.3 is 0 Å². The molecule has 0 aromatic heterocycles. The molecule has 5 heteroatoms. The highest BCUT2D eigenvalue weighted by molar-refractivity contribution is 5.80. The van der Waals surface area contributed by atoms with Crippen LogP contribution in [0.5, 0.6) is 5.75 Å². The van der Waals surface area contributed by atoms with Gasteiger partial charge in [-0.3, -0.25) is 4.99 Å². The van der Waals surface area contributed by atoms with Crippen molar-refractivity contribution in [2.75, 3.05) is 26.3 Å². The van der Waals surface area contributed by atoms with Crippen molar-refractivity contribution in [1.82, 2.24) is 10.6 Å². The standard InChI is InChI=1S/C21H31N3O2/c1-3-22-19(23-13-20(2)14-25-15-20)24-17-12-21(10-6-7-11-21)26-18-9-5-4-8-16(17)18/h4-5,8-9,17H,3,6-7,10-15H2,1-2H3,(H2,22,23,24). The molecule has 1 unspecified atom stereocenters. The van der Waals surface area contributed by atoms with Crippen molar-refractivity contribution in [2.45, 2.75) is 57.6 Å². The largest absolute Gasteiger partial charge is 0.487 e. The number of fused-ring (bicyclic) bond motifs is 1. The summed E-state index contributed by atoms with van der Waals surface area (Å²) >= 11 is 0. The number of benzene rings is 1. The van der Waals surface area contributed by atoms with Crippen LogP contribution in [0.3, 0.4) is 0 Å². The number of aliphatic imine (C=N–C) groups is 1. The van der Waals surface area contributed by atoms with Crippen LogP contribution < -0.4 is 15.4 Å². The molecule has 1 aromatic carbocycles. The van der Waals surface area contributed by atoms with E-state index in [1.165, 1.54) is 18.4 Å². The smallest absolute Gasteiger partial charge is 0.191 e. The van der Waals surface area contributed by atoms with E-state index in [1.54, 1.807) is 0 Å². The summed E-state index contributed by atoms with van der Waals surface area (Å²) in [5.74, 6) is 1.93. The van der Waals surface area contributed by atoms with Crippen molar-refractivity contribution in [3.05, 3.63) is 29.8 Å². The molecule has 1 atom stereocenters. The first-order chi connectivity index (χ1) is 12.6. The number of nitrogens with one attached hydrogen (secondary N) is 2. The molecule has 1 saturated heterocycles. The highest BCUT2D eigenvalue weighted by Crippen LogP contribution is 2.46. The minimum Gasteiger partial charge on any atom is -0.487 e. The third-order valence-electron chi connectivity index (χ3n) is 5.89. The van der Waals surface area contributed by atoms with E-state index >= 15 is 0 Å². The second kappa shape index (κ2) is 7.10. The summed E-state index contributed by atoms with van der Waals surface area (Å²) in [5.41, 5.74) is 1.42. The van der Waals surface area contributed by atoms with Gasteiger partial charge in [-0.25, -0.2) is 0 Å². The van der Waals surface area contributed by atoms with Crippen molar-refractivity contribution in [2.24, 2.45) is 10.4 Å². The van der Waals surface area contributed by atoms with Crippen LogP contribution in [-0.2, 0) is 4.74 Å². The summed E-state index contributed by atoms with van der Waals surface area (Å²) in [7, 11) is 0. The van der Waals surface area contributed by atoms with Gasteiger partial charge in [0.1, 0.15) is 11.4 Å². The zero-order valence-electron chi connectivity index (χ0n) is 16.0. The van der Waals surface area contributed by atoms with E-state index in [0.29, 0.717) is 0 Å². The Morgan fingerprint density at radius 1 is 1.23 bits per heavy atom. The van der Waals surface area contributed by atoms with Crippen LogP contribution >= 0.6 is 0 Å². The van der Waals surface area contributed by atoms with Crippen molar-refractivity contribution in [1.29, 1.82) is 0 Å². The molecule has 2 aliphatic heterocycles. The first kappa shape index (κ1) is 17.7. The molecule has 5 nitrogen and oxygen atoms in total. The summed E-state index contributed by atoms with van der Waals surface area (Å²) < 4.78 is 11.8. The Morgan fingerprint density at radius 3 is 2.69 bits per heavy atom. The molecule has 0 bridgehead atoms. The van der Waals surface area contributed by atoms with E-state index < -0.39 is 0 Å². The Kier molecular flexibility index (Phi) is 4.82. The van der Waals surface area contributed by atoms with Gasteiger partial charge in [-0.15, -0.1) is 0 Å². The van der Waals surface area contributed by atoms with Gasteiger partial charge in [0.05, 0.1) is 25.8 Å². The van der Waals surface area contributed by atoms with Crippen LogP contribution in [0.25, 0.3) is 0 Å². The lowest BCUT2D eigenvalue weighted by Gasteiger charge is -2.41. The van der Waals surface area contributed by atoms with Crippen LogP contribution in [-0.4, -0.2) is 37.9 Å². The van der Waals surface area contributed by atoms with Crippen LogP contribution in [0.2, 0.25) is 0 Å². The van der Waals surface area contributed by atoms with Gasteiger partial charge in [0.15, 0.2) is 5.96 Å². The Hall–Kier alpha value is -1.75.